The van der Waals surface area contributed by atoms with Crippen LogP contribution in [0.4, 0.5) is 19.4 Å². The lowest BCUT2D eigenvalue weighted by Gasteiger charge is -2.40. The molecule has 3 fully saturated rings. The van der Waals surface area contributed by atoms with Crippen LogP contribution in [-0.2, 0) is 16.1 Å². The van der Waals surface area contributed by atoms with Crippen molar-refractivity contribution in [2.24, 2.45) is 0 Å². The highest BCUT2D eigenvalue weighted by Crippen LogP contribution is 2.42. The smallest absolute Gasteiger partial charge is 0.410 e. The molecule has 284 valence electrons. The first-order chi connectivity index (χ1) is 26.9. The summed E-state index contributed by atoms with van der Waals surface area (Å²) in [5.74, 6) is 0.375. The molecule has 55 heavy (non-hydrogen) atoms. The number of amides is 1. The van der Waals surface area contributed by atoms with Gasteiger partial charge in [-0.25, -0.2) is 13.6 Å². The monoisotopic (exact) mass is 748 g/mol. The highest BCUT2D eigenvalue weighted by atomic mass is 19.1. The van der Waals surface area contributed by atoms with Gasteiger partial charge in [-0.15, -0.1) is 0 Å². The summed E-state index contributed by atoms with van der Waals surface area (Å²) in [6, 6.07) is 25.9. The second-order valence-electron chi connectivity index (χ2n) is 14.5. The lowest BCUT2D eigenvalue weighted by Crippen LogP contribution is -2.55. The van der Waals surface area contributed by atoms with Crippen LogP contribution < -0.4 is 14.4 Å². The Morgan fingerprint density at radius 2 is 1.80 bits per heavy atom. The van der Waals surface area contributed by atoms with E-state index in [-0.39, 0.29) is 51.0 Å². The summed E-state index contributed by atoms with van der Waals surface area (Å²) in [5, 5.41) is 11.9. The number of carbonyl (C=O) groups is 1. The average molecular weight is 749 g/mol. The fourth-order valence-corrected chi connectivity index (χ4v) is 8.37. The summed E-state index contributed by atoms with van der Waals surface area (Å²) in [7, 11) is 1.54. The van der Waals surface area contributed by atoms with Crippen LogP contribution in [0.15, 0.2) is 78.9 Å². The minimum atomic E-state index is -0.941. The Kier molecular flexibility index (Phi) is 10.4. The van der Waals surface area contributed by atoms with Crippen molar-refractivity contribution in [1.82, 2.24) is 19.8 Å². The maximum absolute atomic E-state index is 17.2. The van der Waals surface area contributed by atoms with Crippen molar-refractivity contribution in [2.45, 2.75) is 50.0 Å². The zero-order valence-corrected chi connectivity index (χ0v) is 30.6. The maximum atomic E-state index is 17.2. The third-order valence-electron chi connectivity index (χ3n) is 11.0. The molecule has 0 aliphatic carbocycles. The van der Waals surface area contributed by atoms with Gasteiger partial charge in [-0.1, -0.05) is 60.7 Å². The number of benzene rings is 4. The van der Waals surface area contributed by atoms with Gasteiger partial charge in [-0.3, -0.25) is 4.90 Å². The highest BCUT2D eigenvalue weighted by molar-refractivity contribution is 6.01. The molecule has 4 heterocycles. The number of fused-ring (bicyclic) bond motifs is 3. The molecule has 4 aromatic carbocycles. The van der Waals surface area contributed by atoms with Crippen LogP contribution in [-0.4, -0.2) is 96.8 Å². The average Bonchev–Trinajstić information content (AvgIpc) is 3.74. The molecule has 3 atom stereocenters. The number of anilines is 1. The molecule has 0 saturated carbocycles. The Hall–Kier alpha value is -5.58. The quantitative estimate of drug-likeness (QED) is 0.128. The van der Waals surface area contributed by atoms with Crippen LogP contribution in [0.25, 0.3) is 32.8 Å². The van der Waals surface area contributed by atoms with Crippen molar-refractivity contribution in [1.29, 1.82) is 5.26 Å². The molecule has 5 aromatic rings. The topological polar surface area (TPSA) is 113 Å². The Labute approximate surface area is 318 Å². The lowest BCUT2D eigenvalue weighted by molar-refractivity contribution is 0.0512. The molecule has 3 saturated heterocycles. The summed E-state index contributed by atoms with van der Waals surface area (Å²) in [4.78, 5) is 28.5. The molecule has 0 spiro atoms. The van der Waals surface area contributed by atoms with Gasteiger partial charge in [0.1, 0.15) is 36.5 Å². The molecule has 11 nitrogen and oxygen atoms in total. The number of halogens is 2. The Morgan fingerprint density at radius 1 is 0.964 bits per heavy atom. The summed E-state index contributed by atoms with van der Waals surface area (Å²) in [6.07, 6.45) is 0.695. The zero-order valence-electron chi connectivity index (χ0n) is 30.6. The predicted octanol–water partition coefficient (Wildman–Crippen LogP) is 7.27. The number of rotatable bonds is 11. The molecule has 1 amide bonds. The molecular weight excluding hydrogens is 706 g/mol. The number of piperazine rings is 1. The minimum Gasteiger partial charge on any atom is -0.468 e. The first kappa shape index (κ1) is 36.4. The highest BCUT2D eigenvalue weighted by Gasteiger charge is 2.49. The molecule has 13 heteroatoms. The van der Waals surface area contributed by atoms with Crippen LogP contribution in [0.2, 0.25) is 0 Å². The van der Waals surface area contributed by atoms with Crippen LogP contribution in [0.3, 0.4) is 0 Å². The zero-order chi connectivity index (χ0) is 37.9. The van der Waals surface area contributed by atoms with Crippen LogP contribution in [0, 0.1) is 17.1 Å². The molecular formula is C42H42F2N6O5. The van der Waals surface area contributed by atoms with Gasteiger partial charge in [0.15, 0.2) is 12.6 Å². The van der Waals surface area contributed by atoms with E-state index in [1.165, 1.54) is 7.11 Å². The first-order valence-electron chi connectivity index (χ1n) is 18.6. The largest absolute Gasteiger partial charge is 0.468 e. The van der Waals surface area contributed by atoms with Crippen molar-refractivity contribution in [3.05, 3.63) is 90.2 Å². The SMILES string of the molecule is COCOc1cc(-c2ccc3c(N4CCN(C(=O)OCc5ccccc5)[C@@H](CC#N)C4)nc(OC[C@@]45CCCN4C[C@H](F)C5)nc3c2F)c2ccccc2c1. The standard InChI is InChI=1S/C42H42F2N6O5/c1-52-27-55-32-20-29-10-5-6-11-33(29)36(21-32)34-12-13-35-38(37(34)44)46-40(54-26-42-15-7-17-49(42)23-30(43)22-42)47-39(35)48-18-19-50(31(24-48)14-16-45)41(51)53-25-28-8-3-2-4-9-28/h2-6,8-13,20-21,30-31H,7,14-15,17-19,22-27H2,1H3/t30-,31+,42+/m1/s1. The second-order valence-corrected chi connectivity index (χ2v) is 14.5. The summed E-state index contributed by atoms with van der Waals surface area (Å²) >= 11 is 0. The van der Waals surface area contributed by atoms with E-state index in [0.29, 0.717) is 47.6 Å². The van der Waals surface area contributed by atoms with Gasteiger partial charge < -0.3 is 28.7 Å². The predicted molar refractivity (Wildman–Crippen MR) is 203 cm³/mol. The van der Waals surface area contributed by atoms with E-state index in [0.717, 1.165) is 35.7 Å². The number of alkyl halides is 1. The number of nitriles is 1. The number of hydrogen-bond donors (Lipinski definition) is 0. The van der Waals surface area contributed by atoms with Crippen LogP contribution >= 0.6 is 0 Å². The number of ether oxygens (including phenoxy) is 4. The van der Waals surface area contributed by atoms with E-state index >= 15 is 4.39 Å². The number of methoxy groups -OCH3 is 1. The van der Waals surface area contributed by atoms with E-state index in [9.17, 15) is 14.4 Å². The first-order valence-corrected chi connectivity index (χ1v) is 18.6. The van der Waals surface area contributed by atoms with Gasteiger partial charge in [-0.2, -0.15) is 15.2 Å². The van der Waals surface area contributed by atoms with E-state index in [4.69, 9.17) is 23.9 Å². The van der Waals surface area contributed by atoms with Crippen molar-refractivity contribution < 1.29 is 32.5 Å². The number of nitrogens with zero attached hydrogens (tertiary/aromatic N) is 6. The van der Waals surface area contributed by atoms with Crippen LogP contribution in [0.1, 0.15) is 31.2 Å². The summed E-state index contributed by atoms with van der Waals surface area (Å²) in [6.45, 7) is 2.30. The second kappa shape index (κ2) is 15.6. The van der Waals surface area contributed by atoms with Gasteiger partial charge in [0.05, 0.1) is 24.1 Å². The van der Waals surface area contributed by atoms with Gasteiger partial charge in [0.2, 0.25) is 0 Å². The number of aromatic nitrogens is 2. The normalized spacial score (nSPS) is 21.1. The van der Waals surface area contributed by atoms with Crippen LogP contribution in [0.5, 0.6) is 11.8 Å². The third kappa shape index (κ3) is 7.32. The molecule has 1 aromatic heterocycles. The van der Waals surface area contributed by atoms with Gasteiger partial charge in [0, 0.05) is 50.7 Å². The molecule has 8 rings (SSSR count). The summed E-state index contributed by atoms with van der Waals surface area (Å²) in [5.41, 5.74) is 1.37. The van der Waals surface area contributed by atoms with Crippen molar-refractivity contribution in [2.75, 3.05) is 58.1 Å². The van der Waals surface area contributed by atoms with E-state index in [1.807, 2.05) is 65.6 Å². The molecule has 0 bridgehead atoms. The van der Waals surface area contributed by atoms with Crippen molar-refractivity contribution >= 4 is 33.6 Å². The van der Waals surface area contributed by atoms with E-state index < -0.39 is 29.7 Å². The Bertz CT molecular complexity index is 2240. The third-order valence-corrected chi connectivity index (χ3v) is 11.0. The van der Waals surface area contributed by atoms with E-state index in [1.54, 1.807) is 23.1 Å². The summed E-state index contributed by atoms with van der Waals surface area (Å²) < 4.78 is 54.8. The minimum absolute atomic E-state index is 0.0225. The molecule has 0 unspecified atom stereocenters. The Balaban J connectivity index is 1.16. The number of carbonyl (C=O) groups excluding carboxylic acids is 1. The van der Waals surface area contributed by atoms with Crippen molar-refractivity contribution in [3.8, 4) is 29.0 Å². The molecule has 3 aliphatic heterocycles. The molecule has 3 aliphatic rings. The number of hydrogen-bond acceptors (Lipinski definition) is 10. The fraction of sp³-hybridized carbons (Fsp3) is 0.381. The molecule has 0 N–H and O–H groups in total. The molecule has 0 radical (unpaired) electrons. The maximum Gasteiger partial charge on any atom is 0.410 e. The Morgan fingerprint density at radius 3 is 2.64 bits per heavy atom. The van der Waals surface area contributed by atoms with Gasteiger partial charge in [0.25, 0.3) is 0 Å². The lowest BCUT2D eigenvalue weighted by atomic mass is 9.95. The van der Waals surface area contributed by atoms with Gasteiger partial charge in [-0.05, 0) is 59.5 Å². The van der Waals surface area contributed by atoms with E-state index in [2.05, 4.69) is 16.0 Å². The van der Waals surface area contributed by atoms with Gasteiger partial charge >= 0.3 is 12.1 Å². The fourth-order valence-electron chi connectivity index (χ4n) is 8.37. The van der Waals surface area contributed by atoms with Crippen molar-refractivity contribution in [3.63, 3.8) is 0 Å².